The van der Waals surface area contributed by atoms with Gasteiger partial charge in [-0.3, -0.25) is 9.59 Å². The molecule has 0 unspecified atom stereocenters. The molecule has 0 saturated heterocycles. The maximum absolute atomic E-state index is 11.3. The van der Waals surface area contributed by atoms with Crippen LogP contribution in [0.3, 0.4) is 0 Å². The molecule has 0 aliphatic rings. The summed E-state index contributed by atoms with van der Waals surface area (Å²) in [5.74, 6) is 1.50. The molecule has 0 atom stereocenters. The van der Waals surface area contributed by atoms with Crippen LogP contribution in [0.1, 0.15) is 81.9 Å². The molecule has 0 aromatic carbocycles. The van der Waals surface area contributed by atoms with Gasteiger partial charge < -0.3 is 0 Å². The number of thioether (sulfide) groups is 1. The Labute approximate surface area is 127 Å². The van der Waals surface area contributed by atoms with Crippen molar-refractivity contribution in [3.63, 3.8) is 0 Å². The predicted octanol–water partition coefficient (Wildman–Crippen LogP) is 5.54. The molecular weight excluding hydrogens is 256 g/mol. The van der Waals surface area contributed by atoms with E-state index in [1.165, 1.54) is 0 Å². The molecular formula is C16H36O2S. The van der Waals surface area contributed by atoms with Crippen LogP contribution in [0.4, 0.5) is 0 Å². The van der Waals surface area contributed by atoms with Gasteiger partial charge in [0.05, 0.1) is 0 Å². The number of rotatable bonds is 11. The summed E-state index contributed by atoms with van der Waals surface area (Å²) in [5.41, 5.74) is 0. The Morgan fingerprint density at radius 2 is 1.42 bits per heavy atom. The van der Waals surface area contributed by atoms with E-state index < -0.39 is 0 Å². The first-order chi connectivity index (χ1) is 8.20. The first-order valence-electron chi connectivity index (χ1n) is 6.73. The molecule has 0 radical (unpaired) electrons. The van der Waals surface area contributed by atoms with Gasteiger partial charge in [-0.05, 0) is 24.9 Å². The largest absolute Gasteiger partial charge is 0.300 e. The van der Waals surface area contributed by atoms with E-state index in [0.717, 1.165) is 31.4 Å². The molecule has 0 fully saturated rings. The molecule has 19 heavy (non-hydrogen) atoms. The Kier molecular flexibility index (Phi) is 25.0. The standard InChI is InChI=1S/C13H24O2S.3CH4/c1-3-12(14)8-6-4-5-7-9-13(15)10-11-16-2;;;/h3-11H2,1-2H3;3*1H4/i1D;;;. The summed E-state index contributed by atoms with van der Waals surface area (Å²) in [7, 11) is 0. The molecule has 0 N–H and O–H groups in total. The van der Waals surface area contributed by atoms with Crippen molar-refractivity contribution in [2.75, 3.05) is 12.0 Å². The zero-order valence-electron chi connectivity index (χ0n) is 11.3. The molecule has 0 aliphatic carbocycles. The smallest absolute Gasteiger partial charge is 0.133 e. The summed E-state index contributed by atoms with van der Waals surface area (Å²) in [5, 5.41) is 0. The average molecular weight is 294 g/mol. The van der Waals surface area contributed by atoms with Gasteiger partial charge in [0.1, 0.15) is 11.6 Å². The average Bonchev–Trinajstić information content (AvgIpc) is 2.31. The minimum atomic E-state index is 0. The third-order valence-corrected chi connectivity index (χ3v) is 3.14. The van der Waals surface area contributed by atoms with Crippen LogP contribution in [0, 0.1) is 0 Å². The van der Waals surface area contributed by atoms with E-state index in [9.17, 15) is 9.59 Å². The highest BCUT2D eigenvalue weighted by Gasteiger charge is 2.01. The number of carbonyl (C=O) groups excluding carboxylic acids is 2. The summed E-state index contributed by atoms with van der Waals surface area (Å²) in [4.78, 5) is 22.5. The first kappa shape index (κ1) is 23.8. The molecule has 0 saturated carbocycles. The SMILES string of the molecule is C.C.C.[2H]CCC(=O)CCCCCCC(=O)CCSC. The van der Waals surface area contributed by atoms with Crippen molar-refractivity contribution in [1.29, 1.82) is 0 Å². The lowest BCUT2D eigenvalue weighted by molar-refractivity contribution is -0.119. The molecule has 0 aromatic rings. The second-order valence-electron chi connectivity index (χ2n) is 3.98. The normalized spacial score (nSPS) is 9.42. The van der Waals surface area contributed by atoms with Crippen LogP contribution in [0.2, 0.25) is 0 Å². The van der Waals surface area contributed by atoms with Crippen molar-refractivity contribution in [2.45, 2.75) is 80.5 Å². The highest BCUT2D eigenvalue weighted by atomic mass is 32.2. The van der Waals surface area contributed by atoms with E-state index in [2.05, 4.69) is 0 Å². The van der Waals surface area contributed by atoms with E-state index in [4.69, 9.17) is 1.37 Å². The molecule has 3 heteroatoms. The summed E-state index contributed by atoms with van der Waals surface area (Å²) < 4.78 is 6.92. The molecule has 0 bridgehead atoms. The monoisotopic (exact) mass is 293 g/mol. The van der Waals surface area contributed by atoms with Gasteiger partial charge in [-0.2, -0.15) is 11.8 Å². The van der Waals surface area contributed by atoms with Gasteiger partial charge in [-0.1, -0.05) is 42.0 Å². The fraction of sp³-hybridized carbons (Fsp3) is 0.875. The fourth-order valence-corrected chi connectivity index (χ4v) is 1.90. The van der Waals surface area contributed by atoms with E-state index in [-0.39, 0.29) is 35.0 Å². The second kappa shape index (κ2) is 20.0. The summed E-state index contributed by atoms with van der Waals surface area (Å²) in [6.45, 7) is 0.211. The maximum Gasteiger partial charge on any atom is 0.133 e. The molecule has 118 valence electrons. The van der Waals surface area contributed by atoms with Gasteiger partial charge >= 0.3 is 0 Å². The van der Waals surface area contributed by atoms with Crippen LogP contribution in [0.25, 0.3) is 0 Å². The number of hydrogen-bond acceptors (Lipinski definition) is 3. The van der Waals surface area contributed by atoms with Crippen LogP contribution < -0.4 is 0 Å². The Morgan fingerprint density at radius 1 is 0.895 bits per heavy atom. The van der Waals surface area contributed by atoms with Crippen LogP contribution in [0.15, 0.2) is 0 Å². The van der Waals surface area contributed by atoms with E-state index in [1.807, 2.05) is 6.26 Å². The topological polar surface area (TPSA) is 34.1 Å². The fourth-order valence-electron chi connectivity index (χ4n) is 1.46. The summed E-state index contributed by atoms with van der Waals surface area (Å²) in [6, 6.07) is 0. The quantitative estimate of drug-likeness (QED) is 0.469. The van der Waals surface area contributed by atoms with Crippen LogP contribution >= 0.6 is 11.8 Å². The molecule has 0 rings (SSSR count). The molecule has 0 aromatic heterocycles. The van der Waals surface area contributed by atoms with E-state index in [0.29, 0.717) is 31.5 Å². The number of hydrogen-bond donors (Lipinski definition) is 0. The van der Waals surface area contributed by atoms with Crippen molar-refractivity contribution in [3.05, 3.63) is 0 Å². The van der Waals surface area contributed by atoms with Crippen LogP contribution in [0.5, 0.6) is 0 Å². The van der Waals surface area contributed by atoms with Gasteiger partial charge in [0.15, 0.2) is 0 Å². The third kappa shape index (κ3) is 20.2. The number of unbranched alkanes of at least 4 members (excludes halogenated alkanes) is 3. The molecule has 0 heterocycles. The van der Waals surface area contributed by atoms with Crippen molar-refractivity contribution in [3.8, 4) is 0 Å². The number of carbonyl (C=O) groups is 2. The van der Waals surface area contributed by atoms with Gasteiger partial charge in [-0.15, -0.1) is 0 Å². The second-order valence-corrected chi connectivity index (χ2v) is 4.97. The summed E-state index contributed by atoms with van der Waals surface area (Å²) in [6.07, 6.45) is 8.36. The third-order valence-electron chi connectivity index (χ3n) is 2.53. The Bertz CT molecular complexity index is 221. The Morgan fingerprint density at radius 3 is 1.89 bits per heavy atom. The zero-order chi connectivity index (χ0) is 12.9. The molecule has 0 amide bonds. The van der Waals surface area contributed by atoms with Crippen LogP contribution in [-0.4, -0.2) is 23.6 Å². The van der Waals surface area contributed by atoms with Crippen molar-refractivity contribution >= 4 is 23.3 Å². The minimum absolute atomic E-state index is 0. The maximum atomic E-state index is 11.3. The lowest BCUT2D eigenvalue weighted by Gasteiger charge is -2.01. The minimum Gasteiger partial charge on any atom is -0.300 e. The summed E-state index contributed by atoms with van der Waals surface area (Å²) >= 11 is 1.71. The van der Waals surface area contributed by atoms with Crippen molar-refractivity contribution in [1.82, 2.24) is 0 Å². The molecule has 0 aliphatic heterocycles. The zero-order valence-corrected chi connectivity index (χ0v) is 11.1. The highest BCUT2D eigenvalue weighted by Crippen LogP contribution is 2.08. The van der Waals surface area contributed by atoms with Gasteiger partial charge in [-0.25, -0.2) is 0 Å². The Hall–Kier alpha value is -0.310. The first-order valence-corrected chi connectivity index (χ1v) is 7.41. The molecule has 2 nitrogen and oxygen atoms in total. The van der Waals surface area contributed by atoms with Gasteiger partial charge in [0.25, 0.3) is 0 Å². The highest BCUT2D eigenvalue weighted by molar-refractivity contribution is 7.98. The number of Topliss-reactive ketones (excluding diaryl/α,β-unsaturated/α-hetero) is 2. The van der Waals surface area contributed by atoms with E-state index in [1.54, 1.807) is 11.8 Å². The Balaban J connectivity index is -0.000000427. The van der Waals surface area contributed by atoms with Crippen molar-refractivity contribution < 1.29 is 11.0 Å². The molecule has 0 spiro atoms. The predicted molar refractivity (Wildman–Crippen MR) is 91.2 cm³/mol. The number of ketones is 2. The van der Waals surface area contributed by atoms with Gasteiger partial charge in [0, 0.05) is 27.1 Å². The lowest BCUT2D eigenvalue weighted by Crippen LogP contribution is -1.99. The lowest BCUT2D eigenvalue weighted by atomic mass is 10.1. The van der Waals surface area contributed by atoms with Crippen LogP contribution in [-0.2, 0) is 9.59 Å². The van der Waals surface area contributed by atoms with Crippen molar-refractivity contribution in [2.24, 2.45) is 0 Å². The van der Waals surface area contributed by atoms with E-state index >= 15 is 0 Å². The van der Waals surface area contributed by atoms with Gasteiger partial charge in [0.2, 0.25) is 0 Å².